The number of carbonyl (C=O) groups is 1. The Labute approximate surface area is 140 Å². The Kier molecular flexibility index (Phi) is 6.85. The lowest BCUT2D eigenvalue weighted by molar-refractivity contribution is -0.118. The van der Waals surface area contributed by atoms with Gasteiger partial charge in [0.15, 0.2) is 0 Å². The molecule has 5 heteroatoms. The number of hydrogen-bond donors (Lipinski definition) is 2. The number of amides is 1. The first-order chi connectivity index (χ1) is 9.88. The Hall–Kier alpha value is -1.10. The zero-order valence-corrected chi connectivity index (χ0v) is 14.8. The predicted molar refractivity (Wildman–Crippen MR) is 94.9 cm³/mol. The van der Waals surface area contributed by atoms with Crippen LogP contribution in [0.1, 0.15) is 33.3 Å². The average Bonchev–Trinajstić information content (AvgIpc) is 2.41. The van der Waals surface area contributed by atoms with Gasteiger partial charge in [-0.05, 0) is 24.0 Å². The van der Waals surface area contributed by atoms with E-state index in [1.807, 2.05) is 18.2 Å². The number of nitrogens with one attached hydrogen (secondary N) is 2. The van der Waals surface area contributed by atoms with Crippen molar-refractivity contribution < 1.29 is 4.79 Å². The fraction of sp³-hybridized carbons (Fsp3) is 0.588. The van der Waals surface area contributed by atoms with E-state index >= 15 is 0 Å². The van der Waals surface area contributed by atoms with Crippen molar-refractivity contribution in [2.24, 2.45) is 0 Å². The fourth-order valence-corrected chi connectivity index (χ4v) is 2.74. The molecule has 1 aliphatic rings. The number of para-hydroxylation sites is 1. The molecule has 124 valence electrons. The second kappa shape index (κ2) is 7.95. The Balaban J connectivity index is 0.00000242. The Morgan fingerprint density at radius 3 is 2.68 bits per heavy atom. The summed E-state index contributed by atoms with van der Waals surface area (Å²) in [5, 5.41) is 6.43. The van der Waals surface area contributed by atoms with Crippen LogP contribution in [-0.4, -0.2) is 43.0 Å². The summed E-state index contributed by atoms with van der Waals surface area (Å²) in [7, 11) is 0. The first-order valence-electron chi connectivity index (χ1n) is 7.72. The zero-order chi connectivity index (χ0) is 15.5. The minimum Gasteiger partial charge on any atom is -0.325 e. The highest BCUT2D eigenvalue weighted by Gasteiger charge is 2.22. The molecule has 0 spiro atoms. The molecule has 1 atom stereocenters. The van der Waals surface area contributed by atoms with Crippen molar-refractivity contribution in [3.63, 3.8) is 0 Å². The molecule has 1 fully saturated rings. The molecule has 0 aliphatic carbocycles. The number of anilines is 1. The number of rotatable bonds is 3. The van der Waals surface area contributed by atoms with Crippen LogP contribution < -0.4 is 10.6 Å². The maximum atomic E-state index is 12.3. The molecule has 1 aliphatic heterocycles. The van der Waals surface area contributed by atoms with Crippen molar-refractivity contribution in [1.29, 1.82) is 0 Å². The second-order valence-electron chi connectivity index (χ2n) is 6.87. The first kappa shape index (κ1) is 18.9. The third-order valence-electron chi connectivity index (χ3n) is 3.99. The molecule has 0 bridgehead atoms. The van der Waals surface area contributed by atoms with Crippen LogP contribution in [-0.2, 0) is 10.2 Å². The van der Waals surface area contributed by atoms with E-state index in [0.29, 0.717) is 12.6 Å². The lowest BCUT2D eigenvalue weighted by Crippen LogP contribution is -2.52. The van der Waals surface area contributed by atoms with Crippen molar-refractivity contribution in [1.82, 2.24) is 10.2 Å². The van der Waals surface area contributed by atoms with Crippen molar-refractivity contribution in [3.05, 3.63) is 29.8 Å². The van der Waals surface area contributed by atoms with E-state index in [9.17, 15) is 4.79 Å². The number of hydrogen-bond acceptors (Lipinski definition) is 3. The highest BCUT2D eigenvalue weighted by Crippen LogP contribution is 2.29. The number of halogens is 1. The number of piperazine rings is 1. The van der Waals surface area contributed by atoms with E-state index in [1.165, 1.54) is 5.56 Å². The average molecular weight is 326 g/mol. The lowest BCUT2D eigenvalue weighted by atomic mass is 9.86. The summed E-state index contributed by atoms with van der Waals surface area (Å²) in [5.74, 6) is 0.0699. The topological polar surface area (TPSA) is 44.4 Å². The number of carbonyl (C=O) groups excluding carboxylic acids is 1. The summed E-state index contributed by atoms with van der Waals surface area (Å²) < 4.78 is 0. The fourth-order valence-electron chi connectivity index (χ4n) is 2.74. The molecule has 0 radical (unpaired) electrons. The van der Waals surface area contributed by atoms with Crippen LogP contribution in [0.5, 0.6) is 0 Å². The quantitative estimate of drug-likeness (QED) is 0.898. The third-order valence-corrected chi connectivity index (χ3v) is 3.99. The van der Waals surface area contributed by atoms with Gasteiger partial charge in [0.05, 0.1) is 6.54 Å². The molecule has 0 aromatic heterocycles. The second-order valence-corrected chi connectivity index (χ2v) is 6.87. The molecule has 1 aromatic carbocycles. The molecule has 22 heavy (non-hydrogen) atoms. The molecule has 2 N–H and O–H groups in total. The van der Waals surface area contributed by atoms with Gasteiger partial charge >= 0.3 is 0 Å². The summed E-state index contributed by atoms with van der Waals surface area (Å²) in [6.07, 6.45) is 0. The van der Waals surface area contributed by atoms with Gasteiger partial charge in [-0.2, -0.15) is 0 Å². The molecule has 1 saturated heterocycles. The Morgan fingerprint density at radius 2 is 2.05 bits per heavy atom. The SMILES string of the molecule is C[C@@H]1CNCCN1CC(=O)Nc1ccccc1C(C)(C)C.Cl. The Morgan fingerprint density at radius 1 is 1.36 bits per heavy atom. The van der Waals surface area contributed by atoms with E-state index in [4.69, 9.17) is 0 Å². The maximum absolute atomic E-state index is 12.3. The van der Waals surface area contributed by atoms with Crippen LogP contribution in [0.3, 0.4) is 0 Å². The lowest BCUT2D eigenvalue weighted by Gasteiger charge is -2.33. The predicted octanol–water partition coefficient (Wildman–Crippen LogP) is 2.64. The minimum atomic E-state index is 0. The van der Waals surface area contributed by atoms with E-state index in [0.717, 1.165) is 25.3 Å². The minimum absolute atomic E-state index is 0. The van der Waals surface area contributed by atoms with Gasteiger partial charge < -0.3 is 10.6 Å². The summed E-state index contributed by atoms with van der Waals surface area (Å²) in [4.78, 5) is 14.6. The smallest absolute Gasteiger partial charge is 0.238 e. The molecule has 1 aromatic rings. The van der Waals surface area contributed by atoms with E-state index < -0.39 is 0 Å². The normalized spacial score (nSPS) is 19.4. The highest BCUT2D eigenvalue weighted by molar-refractivity contribution is 5.93. The monoisotopic (exact) mass is 325 g/mol. The summed E-state index contributed by atoms with van der Waals surface area (Å²) in [6, 6.07) is 8.47. The van der Waals surface area contributed by atoms with E-state index in [2.05, 4.69) is 49.3 Å². The van der Waals surface area contributed by atoms with Crippen LogP contribution in [0.2, 0.25) is 0 Å². The largest absolute Gasteiger partial charge is 0.325 e. The molecule has 1 heterocycles. The standard InChI is InChI=1S/C17H27N3O.ClH/c1-13-11-18-9-10-20(13)12-16(21)19-15-8-6-5-7-14(15)17(2,3)4;/h5-8,13,18H,9-12H2,1-4H3,(H,19,21);1H/t13-;/m1./s1. The van der Waals surface area contributed by atoms with Crippen LogP contribution >= 0.6 is 12.4 Å². The van der Waals surface area contributed by atoms with Gasteiger partial charge in [0.1, 0.15) is 0 Å². The van der Waals surface area contributed by atoms with Gasteiger partial charge in [-0.15, -0.1) is 12.4 Å². The highest BCUT2D eigenvalue weighted by atomic mass is 35.5. The van der Waals surface area contributed by atoms with E-state index in [-0.39, 0.29) is 23.7 Å². The van der Waals surface area contributed by atoms with Gasteiger partial charge in [-0.3, -0.25) is 9.69 Å². The van der Waals surface area contributed by atoms with Crippen molar-refractivity contribution >= 4 is 24.0 Å². The van der Waals surface area contributed by atoms with Crippen LogP contribution in [0, 0.1) is 0 Å². The Bertz CT molecular complexity index is 499. The van der Waals surface area contributed by atoms with Crippen LogP contribution in [0.4, 0.5) is 5.69 Å². The van der Waals surface area contributed by atoms with Gasteiger partial charge in [0, 0.05) is 31.4 Å². The molecule has 0 unspecified atom stereocenters. The summed E-state index contributed by atoms with van der Waals surface area (Å²) >= 11 is 0. The van der Waals surface area contributed by atoms with Crippen molar-refractivity contribution in [2.45, 2.75) is 39.2 Å². The molecule has 0 saturated carbocycles. The van der Waals surface area contributed by atoms with Crippen molar-refractivity contribution in [3.8, 4) is 0 Å². The van der Waals surface area contributed by atoms with Gasteiger partial charge in [-0.25, -0.2) is 0 Å². The van der Waals surface area contributed by atoms with Crippen LogP contribution in [0.15, 0.2) is 24.3 Å². The van der Waals surface area contributed by atoms with Gasteiger partial charge in [0.2, 0.25) is 5.91 Å². The molecule has 2 rings (SSSR count). The van der Waals surface area contributed by atoms with Crippen molar-refractivity contribution in [2.75, 3.05) is 31.5 Å². The number of benzene rings is 1. The first-order valence-corrected chi connectivity index (χ1v) is 7.72. The third kappa shape index (κ3) is 4.97. The summed E-state index contributed by atoms with van der Waals surface area (Å²) in [6.45, 7) is 11.9. The molecule has 1 amide bonds. The van der Waals surface area contributed by atoms with Gasteiger partial charge in [-0.1, -0.05) is 39.0 Å². The van der Waals surface area contributed by atoms with Gasteiger partial charge in [0.25, 0.3) is 0 Å². The number of nitrogens with zero attached hydrogens (tertiary/aromatic N) is 1. The summed E-state index contributed by atoms with van der Waals surface area (Å²) in [5.41, 5.74) is 2.12. The molecular formula is C17H28ClN3O. The maximum Gasteiger partial charge on any atom is 0.238 e. The zero-order valence-electron chi connectivity index (χ0n) is 14.0. The van der Waals surface area contributed by atoms with E-state index in [1.54, 1.807) is 0 Å². The molecular weight excluding hydrogens is 298 g/mol. The molecule has 4 nitrogen and oxygen atoms in total. The van der Waals surface area contributed by atoms with Crippen LogP contribution in [0.25, 0.3) is 0 Å².